The molecule has 0 aliphatic carbocycles. The Labute approximate surface area is 106 Å². The van der Waals surface area contributed by atoms with Crippen LogP contribution in [0, 0.1) is 0 Å². The summed E-state index contributed by atoms with van der Waals surface area (Å²) < 4.78 is 1.97. The van der Waals surface area contributed by atoms with Gasteiger partial charge in [0.1, 0.15) is 5.82 Å². The fourth-order valence-electron chi connectivity index (χ4n) is 1.85. The minimum atomic E-state index is 0.475. The largest absolute Gasteiger partial charge is 0.337 e. The second-order valence-electron chi connectivity index (χ2n) is 4.05. The van der Waals surface area contributed by atoms with Crippen LogP contribution >= 0.6 is 11.6 Å². The van der Waals surface area contributed by atoms with Gasteiger partial charge in [-0.1, -0.05) is 29.8 Å². The molecule has 2 rings (SSSR count). The summed E-state index contributed by atoms with van der Waals surface area (Å²) in [5, 5.41) is 0.822. The van der Waals surface area contributed by atoms with Gasteiger partial charge >= 0.3 is 0 Å². The summed E-state index contributed by atoms with van der Waals surface area (Å²) in [7, 11) is 1.97. The number of aromatic nitrogens is 2. The van der Waals surface area contributed by atoms with Gasteiger partial charge in [-0.2, -0.15) is 0 Å². The van der Waals surface area contributed by atoms with Crippen molar-refractivity contribution in [2.75, 3.05) is 0 Å². The number of nitrogens with two attached hydrogens (primary N) is 1. The number of halogens is 1. The molecule has 4 heteroatoms. The highest BCUT2D eigenvalue weighted by atomic mass is 35.5. The SMILES string of the molecule is Cn1cc(CCc2ccccc2Cl)nc1CN. The molecular formula is C13H16ClN3. The lowest BCUT2D eigenvalue weighted by molar-refractivity contribution is 0.793. The van der Waals surface area contributed by atoms with Crippen molar-refractivity contribution in [1.29, 1.82) is 0 Å². The highest BCUT2D eigenvalue weighted by Crippen LogP contribution is 2.17. The zero-order valence-electron chi connectivity index (χ0n) is 9.86. The molecule has 1 heterocycles. The lowest BCUT2D eigenvalue weighted by Crippen LogP contribution is -2.03. The van der Waals surface area contributed by atoms with Crippen LogP contribution in [0.2, 0.25) is 5.02 Å². The summed E-state index contributed by atoms with van der Waals surface area (Å²) in [6.07, 6.45) is 3.82. The van der Waals surface area contributed by atoms with Crippen LogP contribution in [0.15, 0.2) is 30.5 Å². The summed E-state index contributed by atoms with van der Waals surface area (Å²) in [6, 6.07) is 7.92. The Balaban J connectivity index is 2.05. The molecule has 90 valence electrons. The van der Waals surface area contributed by atoms with Crippen LogP contribution in [-0.2, 0) is 26.4 Å². The van der Waals surface area contributed by atoms with Crippen LogP contribution in [0.5, 0.6) is 0 Å². The molecule has 0 aliphatic rings. The molecule has 0 atom stereocenters. The number of aryl methyl sites for hydroxylation is 3. The number of hydrogen-bond acceptors (Lipinski definition) is 2. The quantitative estimate of drug-likeness (QED) is 0.904. The Bertz CT molecular complexity index is 505. The predicted molar refractivity (Wildman–Crippen MR) is 70.0 cm³/mol. The molecule has 0 amide bonds. The van der Waals surface area contributed by atoms with E-state index in [1.165, 1.54) is 0 Å². The van der Waals surface area contributed by atoms with E-state index < -0.39 is 0 Å². The van der Waals surface area contributed by atoms with E-state index in [1.807, 2.05) is 36.0 Å². The zero-order chi connectivity index (χ0) is 12.3. The third kappa shape index (κ3) is 2.87. The summed E-state index contributed by atoms with van der Waals surface area (Å²) in [6.45, 7) is 0.475. The Morgan fingerprint density at radius 2 is 2.06 bits per heavy atom. The van der Waals surface area contributed by atoms with Crippen LogP contribution in [0.25, 0.3) is 0 Å². The van der Waals surface area contributed by atoms with Crippen molar-refractivity contribution in [3.8, 4) is 0 Å². The van der Waals surface area contributed by atoms with Crippen molar-refractivity contribution >= 4 is 11.6 Å². The third-order valence-corrected chi connectivity index (χ3v) is 3.18. The van der Waals surface area contributed by atoms with Gasteiger partial charge < -0.3 is 10.3 Å². The molecule has 0 fully saturated rings. The molecule has 17 heavy (non-hydrogen) atoms. The van der Waals surface area contributed by atoms with E-state index in [0.717, 1.165) is 34.9 Å². The maximum absolute atomic E-state index is 6.11. The standard InChI is InChI=1S/C13H16ClN3/c1-17-9-11(16-13(17)8-15)7-6-10-4-2-3-5-12(10)14/h2-5,9H,6-8,15H2,1H3. The van der Waals surface area contributed by atoms with Crippen LogP contribution in [0.1, 0.15) is 17.1 Å². The molecular weight excluding hydrogens is 234 g/mol. The summed E-state index contributed by atoms with van der Waals surface area (Å²) in [5.74, 6) is 0.916. The summed E-state index contributed by atoms with van der Waals surface area (Å²) in [5.41, 5.74) is 7.81. The summed E-state index contributed by atoms with van der Waals surface area (Å²) in [4.78, 5) is 4.47. The molecule has 2 aromatic rings. The third-order valence-electron chi connectivity index (χ3n) is 2.81. The van der Waals surface area contributed by atoms with E-state index in [4.69, 9.17) is 17.3 Å². The van der Waals surface area contributed by atoms with Crippen LogP contribution in [0.4, 0.5) is 0 Å². The average Bonchev–Trinajstić information content (AvgIpc) is 2.69. The van der Waals surface area contributed by atoms with Gasteiger partial charge in [0, 0.05) is 18.3 Å². The van der Waals surface area contributed by atoms with E-state index in [0.29, 0.717) is 6.54 Å². The maximum atomic E-state index is 6.11. The first-order valence-corrected chi connectivity index (χ1v) is 6.03. The van der Waals surface area contributed by atoms with E-state index in [-0.39, 0.29) is 0 Å². The molecule has 0 saturated carbocycles. The Morgan fingerprint density at radius 3 is 2.71 bits per heavy atom. The normalized spacial score (nSPS) is 10.8. The van der Waals surface area contributed by atoms with Crippen molar-refractivity contribution in [3.63, 3.8) is 0 Å². The molecule has 0 bridgehead atoms. The molecule has 3 nitrogen and oxygen atoms in total. The lowest BCUT2D eigenvalue weighted by Gasteiger charge is -2.01. The van der Waals surface area contributed by atoms with E-state index in [9.17, 15) is 0 Å². The highest BCUT2D eigenvalue weighted by molar-refractivity contribution is 6.31. The average molecular weight is 250 g/mol. The first kappa shape index (κ1) is 12.1. The van der Waals surface area contributed by atoms with Gasteiger partial charge in [0.05, 0.1) is 12.2 Å². The Morgan fingerprint density at radius 1 is 1.29 bits per heavy atom. The first-order valence-electron chi connectivity index (χ1n) is 5.65. The minimum Gasteiger partial charge on any atom is -0.337 e. The smallest absolute Gasteiger partial charge is 0.122 e. The second-order valence-corrected chi connectivity index (χ2v) is 4.46. The van der Waals surface area contributed by atoms with E-state index in [2.05, 4.69) is 11.1 Å². The molecule has 0 aliphatic heterocycles. The van der Waals surface area contributed by atoms with Crippen molar-refractivity contribution in [3.05, 3.63) is 52.6 Å². The van der Waals surface area contributed by atoms with E-state index in [1.54, 1.807) is 0 Å². The van der Waals surface area contributed by atoms with Gasteiger partial charge in [-0.3, -0.25) is 0 Å². The van der Waals surface area contributed by atoms with Crippen LogP contribution in [-0.4, -0.2) is 9.55 Å². The molecule has 0 unspecified atom stereocenters. The summed E-state index contributed by atoms with van der Waals surface area (Å²) >= 11 is 6.11. The van der Waals surface area contributed by atoms with Gasteiger partial charge in [-0.15, -0.1) is 0 Å². The fraction of sp³-hybridized carbons (Fsp3) is 0.308. The van der Waals surface area contributed by atoms with E-state index >= 15 is 0 Å². The monoisotopic (exact) mass is 249 g/mol. The minimum absolute atomic E-state index is 0.475. The van der Waals surface area contributed by atoms with Crippen LogP contribution in [0.3, 0.4) is 0 Å². The fourth-order valence-corrected chi connectivity index (χ4v) is 2.08. The molecule has 1 aromatic carbocycles. The second kappa shape index (κ2) is 5.34. The topological polar surface area (TPSA) is 43.8 Å². The van der Waals surface area contributed by atoms with Gasteiger partial charge in [-0.05, 0) is 24.5 Å². The van der Waals surface area contributed by atoms with Gasteiger partial charge in [0.25, 0.3) is 0 Å². The maximum Gasteiger partial charge on any atom is 0.122 e. The van der Waals surface area contributed by atoms with Crippen LogP contribution < -0.4 is 5.73 Å². The van der Waals surface area contributed by atoms with Crippen molar-refractivity contribution in [2.24, 2.45) is 12.8 Å². The lowest BCUT2D eigenvalue weighted by atomic mass is 10.1. The van der Waals surface area contributed by atoms with Crippen molar-refractivity contribution in [2.45, 2.75) is 19.4 Å². The van der Waals surface area contributed by atoms with Crippen molar-refractivity contribution < 1.29 is 0 Å². The first-order chi connectivity index (χ1) is 8.20. The molecule has 1 aromatic heterocycles. The molecule has 0 saturated heterocycles. The zero-order valence-corrected chi connectivity index (χ0v) is 10.6. The highest BCUT2D eigenvalue weighted by Gasteiger charge is 2.05. The molecule has 2 N–H and O–H groups in total. The number of benzene rings is 1. The van der Waals surface area contributed by atoms with Gasteiger partial charge in [-0.25, -0.2) is 4.98 Å². The van der Waals surface area contributed by atoms with Crippen molar-refractivity contribution in [1.82, 2.24) is 9.55 Å². The Hall–Kier alpha value is -1.32. The number of rotatable bonds is 4. The molecule has 0 spiro atoms. The predicted octanol–water partition coefficient (Wildman–Crippen LogP) is 2.32. The van der Waals surface area contributed by atoms with Gasteiger partial charge in [0.15, 0.2) is 0 Å². The Kier molecular flexibility index (Phi) is 3.82. The number of hydrogen-bond donors (Lipinski definition) is 1. The number of imidazole rings is 1. The van der Waals surface area contributed by atoms with Gasteiger partial charge in [0.2, 0.25) is 0 Å². The number of nitrogens with zero attached hydrogens (tertiary/aromatic N) is 2. The molecule has 0 radical (unpaired) electrons.